The second kappa shape index (κ2) is 4.61. The first-order chi connectivity index (χ1) is 8.28. The lowest BCUT2D eigenvalue weighted by Crippen LogP contribution is -2.44. The molecule has 1 amide bonds. The first-order valence-electron chi connectivity index (χ1n) is 6.10. The summed E-state index contributed by atoms with van der Waals surface area (Å²) in [6, 6.07) is -0.0902. The Morgan fingerprint density at radius 2 is 2.06 bits per heavy atom. The Balaban J connectivity index is 1.94. The SMILES string of the molecule is CC(C)(C)OC(=O)N1C[C@H]2C[C@H]2[C@H]1COC(=O)Cl. The van der Waals surface area contributed by atoms with Gasteiger partial charge in [0.1, 0.15) is 12.2 Å². The maximum absolute atomic E-state index is 12.0. The van der Waals surface area contributed by atoms with Crippen LogP contribution in [-0.4, -0.2) is 41.2 Å². The molecule has 18 heavy (non-hydrogen) atoms. The van der Waals surface area contributed by atoms with Crippen LogP contribution in [0.4, 0.5) is 9.59 Å². The second-order valence-corrected chi connectivity index (χ2v) is 6.22. The number of fused-ring (bicyclic) bond motifs is 1. The summed E-state index contributed by atoms with van der Waals surface area (Å²) in [4.78, 5) is 24.3. The van der Waals surface area contributed by atoms with E-state index in [-0.39, 0.29) is 18.7 Å². The zero-order valence-electron chi connectivity index (χ0n) is 10.8. The lowest BCUT2D eigenvalue weighted by Gasteiger charge is -2.30. The van der Waals surface area contributed by atoms with Crippen LogP contribution in [-0.2, 0) is 9.47 Å². The monoisotopic (exact) mass is 275 g/mol. The van der Waals surface area contributed by atoms with Gasteiger partial charge in [0.05, 0.1) is 6.04 Å². The summed E-state index contributed by atoms with van der Waals surface area (Å²) in [6.45, 7) is 6.33. The lowest BCUT2D eigenvalue weighted by atomic mass is 10.2. The normalized spacial score (nSPS) is 29.8. The fourth-order valence-electron chi connectivity index (χ4n) is 2.47. The molecule has 1 aliphatic carbocycles. The first-order valence-corrected chi connectivity index (χ1v) is 6.47. The summed E-state index contributed by atoms with van der Waals surface area (Å²) in [5.41, 5.74) is -1.35. The Hall–Kier alpha value is -0.970. The van der Waals surface area contributed by atoms with E-state index in [0.717, 1.165) is 6.42 Å². The maximum atomic E-state index is 12.0. The van der Waals surface area contributed by atoms with Gasteiger partial charge >= 0.3 is 11.5 Å². The fourth-order valence-corrected chi connectivity index (χ4v) is 2.53. The van der Waals surface area contributed by atoms with E-state index in [2.05, 4.69) is 0 Å². The van der Waals surface area contributed by atoms with E-state index in [1.54, 1.807) is 4.90 Å². The van der Waals surface area contributed by atoms with Crippen LogP contribution in [0.2, 0.25) is 0 Å². The number of nitrogens with zero attached hydrogens (tertiary/aromatic N) is 1. The molecule has 0 bridgehead atoms. The van der Waals surface area contributed by atoms with Crippen molar-refractivity contribution in [2.75, 3.05) is 13.2 Å². The van der Waals surface area contributed by atoms with Crippen molar-refractivity contribution in [2.45, 2.75) is 38.8 Å². The van der Waals surface area contributed by atoms with E-state index in [9.17, 15) is 9.59 Å². The number of amides is 1. The molecule has 2 fully saturated rings. The molecule has 2 rings (SSSR count). The molecule has 1 aliphatic heterocycles. The summed E-state index contributed by atoms with van der Waals surface area (Å²) >= 11 is 5.16. The molecule has 1 saturated carbocycles. The Labute approximate surface area is 111 Å². The summed E-state index contributed by atoms with van der Waals surface area (Å²) in [6.07, 6.45) is 0.745. The third-order valence-corrected chi connectivity index (χ3v) is 3.41. The topological polar surface area (TPSA) is 55.8 Å². The minimum Gasteiger partial charge on any atom is -0.451 e. The van der Waals surface area contributed by atoms with Crippen molar-refractivity contribution in [3.8, 4) is 0 Å². The van der Waals surface area contributed by atoms with Crippen LogP contribution in [0.1, 0.15) is 27.2 Å². The van der Waals surface area contributed by atoms with Crippen LogP contribution in [0.5, 0.6) is 0 Å². The van der Waals surface area contributed by atoms with Gasteiger partial charge in [0.2, 0.25) is 0 Å². The number of carbonyl (C=O) groups excluding carboxylic acids is 2. The molecule has 102 valence electrons. The minimum absolute atomic E-state index is 0.0902. The molecule has 0 radical (unpaired) electrons. The predicted octanol–water partition coefficient (Wildman–Crippen LogP) is 2.62. The molecule has 6 heteroatoms. The van der Waals surface area contributed by atoms with Crippen molar-refractivity contribution in [1.82, 2.24) is 4.90 Å². The van der Waals surface area contributed by atoms with Gasteiger partial charge < -0.3 is 14.4 Å². The van der Waals surface area contributed by atoms with Crippen LogP contribution >= 0.6 is 11.6 Å². The molecular weight excluding hydrogens is 258 g/mol. The molecule has 0 aromatic rings. The summed E-state index contributed by atoms with van der Waals surface area (Å²) in [5, 5.41) is 0. The zero-order chi connectivity index (χ0) is 13.5. The van der Waals surface area contributed by atoms with Gasteiger partial charge in [-0.2, -0.15) is 0 Å². The molecule has 0 aromatic heterocycles. The lowest BCUT2D eigenvalue weighted by molar-refractivity contribution is 0.0126. The van der Waals surface area contributed by atoms with Crippen molar-refractivity contribution >= 4 is 23.1 Å². The van der Waals surface area contributed by atoms with Crippen LogP contribution in [0.25, 0.3) is 0 Å². The Bertz CT molecular complexity index is 366. The average Bonchev–Trinajstić information content (AvgIpc) is 2.86. The van der Waals surface area contributed by atoms with Crippen LogP contribution < -0.4 is 0 Å². The highest BCUT2D eigenvalue weighted by molar-refractivity contribution is 6.61. The number of hydrogen-bond acceptors (Lipinski definition) is 4. The number of carbonyl (C=O) groups is 2. The molecule has 3 atom stereocenters. The maximum Gasteiger partial charge on any atom is 0.410 e. The van der Waals surface area contributed by atoms with Crippen LogP contribution in [0.3, 0.4) is 0 Å². The van der Waals surface area contributed by atoms with Gasteiger partial charge in [0.15, 0.2) is 0 Å². The first kappa shape index (κ1) is 13.5. The number of likely N-dealkylation sites (tertiary alicyclic amines) is 1. The summed E-state index contributed by atoms with van der Waals surface area (Å²) < 4.78 is 10.2. The van der Waals surface area contributed by atoms with Crippen LogP contribution in [0, 0.1) is 11.8 Å². The number of halogens is 1. The molecule has 2 aliphatic rings. The number of rotatable bonds is 2. The van der Waals surface area contributed by atoms with Crippen molar-refractivity contribution in [3.05, 3.63) is 0 Å². The van der Waals surface area contributed by atoms with Gasteiger partial charge in [-0.25, -0.2) is 9.59 Å². The number of hydrogen-bond donors (Lipinski definition) is 0. The van der Waals surface area contributed by atoms with Gasteiger partial charge in [-0.3, -0.25) is 0 Å². The number of piperidine rings is 1. The Morgan fingerprint density at radius 1 is 1.39 bits per heavy atom. The predicted molar refractivity (Wildman–Crippen MR) is 65.5 cm³/mol. The van der Waals surface area contributed by atoms with E-state index in [0.29, 0.717) is 18.4 Å². The fraction of sp³-hybridized carbons (Fsp3) is 0.833. The largest absolute Gasteiger partial charge is 0.451 e. The standard InChI is InChI=1S/C12H18ClNO4/c1-12(2,3)18-11(16)14-5-7-4-8(7)9(14)6-17-10(13)15/h7-9H,4-6H2,1-3H3/t7-,8-,9-/m1/s1. The Kier molecular flexibility index (Phi) is 3.45. The highest BCUT2D eigenvalue weighted by Crippen LogP contribution is 2.49. The highest BCUT2D eigenvalue weighted by atomic mass is 35.5. The van der Waals surface area contributed by atoms with Gasteiger partial charge in [0, 0.05) is 18.1 Å². The van der Waals surface area contributed by atoms with Crippen molar-refractivity contribution in [1.29, 1.82) is 0 Å². The van der Waals surface area contributed by atoms with Crippen molar-refractivity contribution in [3.63, 3.8) is 0 Å². The highest BCUT2D eigenvalue weighted by Gasteiger charge is 2.55. The van der Waals surface area contributed by atoms with Gasteiger partial charge in [-0.1, -0.05) is 0 Å². The Morgan fingerprint density at radius 3 is 2.61 bits per heavy atom. The second-order valence-electron chi connectivity index (χ2n) is 5.91. The van der Waals surface area contributed by atoms with E-state index in [4.69, 9.17) is 21.1 Å². The molecule has 0 unspecified atom stereocenters. The average molecular weight is 276 g/mol. The van der Waals surface area contributed by atoms with Gasteiger partial charge in [-0.05, 0) is 39.0 Å². The zero-order valence-corrected chi connectivity index (χ0v) is 11.6. The van der Waals surface area contributed by atoms with Gasteiger partial charge in [-0.15, -0.1) is 0 Å². The molecule has 5 nitrogen and oxygen atoms in total. The minimum atomic E-state index is -0.830. The molecule has 1 heterocycles. The number of ether oxygens (including phenoxy) is 2. The van der Waals surface area contributed by atoms with E-state index < -0.39 is 11.0 Å². The molecular formula is C12H18ClNO4. The third kappa shape index (κ3) is 3.07. The summed E-state index contributed by atoms with van der Waals surface area (Å²) in [5.74, 6) is 0.949. The molecule has 0 aromatic carbocycles. The molecule has 0 spiro atoms. The van der Waals surface area contributed by atoms with Gasteiger partial charge in [0.25, 0.3) is 0 Å². The smallest absolute Gasteiger partial charge is 0.410 e. The van der Waals surface area contributed by atoms with Crippen LogP contribution in [0.15, 0.2) is 0 Å². The molecule has 1 saturated heterocycles. The van der Waals surface area contributed by atoms with E-state index in [1.807, 2.05) is 20.8 Å². The molecule has 0 N–H and O–H groups in total. The van der Waals surface area contributed by atoms with Crippen molar-refractivity contribution < 1.29 is 19.1 Å². The third-order valence-electron chi connectivity index (χ3n) is 3.30. The summed E-state index contributed by atoms with van der Waals surface area (Å²) in [7, 11) is 0. The van der Waals surface area contributed by atoms with E-state index in [1.165, 1.54) is 0 Å². The quantitative estimate of drug-likeness (QED) is 0.727. The van der Waals surface area contributed by atoms with E-state index >= 15 is 0 Å². The van der Waals surface area contributed by atoms with Crippen molar-refractivity contribution in [2.24, 2.45) is 11.8 Å².